The van der Waals surface area contributed by atoms with Gasteiger partial charge in [0.15, 0.2) is 23.9 Å². The first kappa shape index (κ1) is 21.9. The van der Waals surface area contributed by atoms with Crippen LogP contribution in [0.4, 0.5) is 5.82 Å². The Labute approximate surface area is 180 Å². The molecule has 2 aromatic rings. The van der Waals surface area contributed by atoms with E-state index in [1.165, 1.54) is 22.1 Å². The van der Waals surface area contributed by atoms with Gasteiger partial charge in [0.25, 0.3) is 0 Å². The summed E-state index contributed by atoms with van der Waals surface area (Å²) in [6.45, 7) is 5.64. The molecular weight excluding hydrogens is 404 g/mol. The van der Waals surface area contributed by atoms with Crippen LogP contribution in [0.3, 0.4) is 0 Å². The maximum Gasteiger partial charge on any atom is 0.212 e. The summed E-state index contributed by atoms with van der Waals surface area (Å²) in [5.41, 5.74) is 6.02. The molecule has 170 valence electrons. The Kier molecular flexibility index (Phi) is 5.86. The molecule has 1 aliphatic carbocycles. The molecule has 0 spiro atoms. The number of aliphatic hydroxyl groups excluding tert-OH is 2. The maximum absolute atomic E-state index is 12.0. The number of nitrogens with zero attached hydrogens (tertiary/aromatic N) is 5. The Morgan fingerprint density at radius 1 is 1.26 bits per heavy atom. The fourth-order valence-electron chi connectivity index (χ4n) is 4.33. The van der Waals surface area contributed by atoms with E-state index in [2.05, 4.69) is 15.0 Å². The van der Waals surface area contributed by atoms with E-state index in [-0.39, 0.29) is 11.9 Å². The molecule has 2 fully saturated rings. The molecule has 4 N–H and O–H groups in total. The second-order valence-corrected chi connectivity index (χ2v) is 9.17. The van der Waals surface area contributed by atoms with E-state index in [9.17, 15) is 15.0 Å². The van der Waals surface area contributed by atoms with E-state index in [0.29, 0.717) is 17.6 Å². The van der Waals surface area contributed by atoms with Gasteiger partial charge < -0.3 is 30.3 Å². The van der Waals surface area contributed by atoms with Crippen molar-refractivity contribution in [3.8, 4) is 0 Å². The predicted molar refractivity (Wildman–Crippen MR) is 110 cm³/mol. The maximum atomic E-state index is 12.0. The number of hydrogen-bond donors (Lipinski definition) is 3. The monoisotopic (exact) mass is 434 g/mol. The first-order valence-corrected chi connectivity index (χ1v) is 10.6. The van der Waals surface area contributed by atoms with Gasteiger partial charge in [0.05, 0.1) is 12.4 Å². The van der Waals surface area contributed by atoms with E-state index in [1.54, 1.807) is 0 Å². The highest BCUT2D eigenvalue weighted by atomic mass is 16.6. The third-order valence-electron chi connectivity index (χ3n) is 6.01. The fraction of sp³-hybridized carbons (Fsp3) is 0.700. The largest absolute Gasteiger partial charge is 0.387 e. The average molecular weight is 434 g/mol. The SMILES string of the molecule is CC(C)(C)N(C=O)C(OC1CCCC1)[C@H]1O[C@@H](n2cnc3c(N)ncnc32)[C@H](O)[C@@H]1O. The van der Waals surface area contributed by atoms with Crippen LogP contribution < -0.4 is 5.73 Å². The molecule has 1 aliphatic heterocycles. The van der Waals surface area contributed by atoms with E-state index < -0.39 is 36.3 Å². The summed E-state index contributed by atoms with van der Waals surface area (Å²) in [7, 11) is 0. The number of rotatable bonds is 6. The fourth-order valence-corrected chi connectivity index (χ4v) is 4.33. The lowest BCUT2D eigenvalue weighted by atomic mass is 10.0. The molecule has 1 saturated carbocycles. The smallest absolute Gasteiger partial charge is 0.212 e. The van der Waals surface area contributed by atoms with Crippen LogP contribution in [0.25, 0.3) is 11.2 Å². The summed E-state index contributed by atoms with van der Waals surface area (Å²) < 4.78 is 13.9. The Morgan fingerprint density at radius 3 is 2.61 bits per heavy atom. The molecule has 11 nitrogen and oxygen atoms in total. The molecule has 4 rings (SSSR count). The Balaban J connectivity index is 1.67. The number of amides is 1. The molecule has 0 radical (unpaired) electrons. The van der Waals surface area contributed by atoms with Gasteiger partial charge in [-0.15, -0.1) is 0 Å². The molecule has 2 aromatic heterocycles. The van der Waals surface area contributed by atoms with E-state index >= 15 is 0 Å². The number of nitrogens with two attached hydrogens (primary N) is 1. The Bertz CT molecular complexity index is 924. The summed E-state index contributed by atoms with van der Waals surface area (Å²) in [5.74, 6) is 0.204. The van der Waals surface area contributed by atoms with Gasteiger partial charge in [-0.1, -0.05) is 12.8 Å². The van der Waals surface area contributed by atoms with Gasteiger partial charge in [-0.25, -0.2) is 15.0 Å². The molecule has 1 saturated heterocycles. The van der Waals surface area contributed by atoms with Gasteiger partial charge in [0.2, 0.25) is 6.41 Å². The van der Waals surface area contributed by atoms with Crippen LogP contribution in [0.5, 0.6) is 0 Å². The summed E-state index contributed by atoms with van der Waals surface area (Å²) in [4.78, 5) is 25.8. The minimum Gasteiger partial charge on any atom is -0.387 e. The lowest BCUT2D eigenvalue weighted by molar-refractivity contribution is -0.199. The summed E-state index contributed by atoms with van der Waals surface area (Å²) in [6.07, 6.45) is 1.85. The van der Waals surface area contributed by atoms with Crippen LogP contribution in [0.2, 0.25) is 0 Å². The number of anilines is 1. The molecule has 1 unspecified atom stereocenters. The number of hydrogen-bond acceptors (Lipinski definition) is 9. The van der Waals surface area contributed by atoms with Crippen molar-refractivity contribution in [3.05, 3.63) is 12.7 Å². The van der Waals surface area contributed by atoms with Crippen molar-refractivity contribution in [2.45, 2.75) is 88.9 Å². The highest BCUT2D eigenvalue weighted by Crippen LogP contribution is 2.37. The van der Waals surface area contributed by atoms with Gasteiger partial charge in [0, 0.05) is 5.54 Å². The molecule has 5 atom stereocenters. The summed E-state index contributed by atoms with van der Waals surface area (Å²) >= 11 is 0. The minimum atomic E-state index is -1.29. The van der Waals surface area contributed by atoms with Crippen molar-refractivity contribution in [1.29, 1.82) is 0 Å². The Hall–Kier alpha value is -2.34. The molecule has 11 heteroatoms. The van der Waals surface area contributed by atoms with Crippen LogP contribution in [-0.2, 0) is 14.3 Å². The van der Waals surface area contributed by atoms with Crippen molar-refractivity contribution >= 4 is 23.4 Å². The van der Waals surface area contributed by atoms with Crippen molar-refractivity contribution in [3.63, 3.8) is 0 Å². The lowest BCUT2D eigenvalue weighted by Gasteiger charge is -2.42. The number of aromatic nitrogens is 4. The van der Waals surface area contributed by atoms with E-state index in [0.717, 1.165) is 25.7 Å². The number of fused-ring (bicyclic) bond motifs is 1. The summed E-state index contributed by atoms with van der Waals surface area (Å²) in [6, 6.07) is 0. The van der Waals surface area contributed by atoms with Gasteiger partial charge in [-0.05, 0) is 33.6 Å². The van der Waals surface area contributed by atoms with E-state index in [1.807, 2.05) is 20.8 Å². The van der Waals surface area contributed by atoms with Crippen molar-refractivity contribution in [1.82, 2.24) is 24.4 Å². The van der Waals surface area contributed by atoms with Gasteiger partial charge >= 0.3 is 0 Å². The molecular formula is C20H30N6O5. The highest BCUT2D eigenvalue weighted by Gasteiger charge is 2.51. The van der Waals surface area contributed by atoms with Crippen molar-refractivity contribution in [2.75, 3.05) is 5.73 Å². The summed E-state index contributed by atoms with van der Waals surface area (Å²) in [5, 5.41) is 21.8. The number of nitrogen functional groups attached to an aromatic ring is 1. The number of carbonyl (C=O) groups excluding carboxylic acids is 1. The van der Waals surface area contributed by atoms with Crippen LogP contribution in [0.15, 0.2) is 12.7 Å². The number of aliphatic hydroxyl groups is 2. The predicted octanol–water partition coefficient (Wildman–Crippen LogP) is 0.570. The second-order valence-electron chi connectivity index (χ2n) is 9.17. The van der Waals surface area contributed by atoms with E-state index in [4.69, 9.17) is 15.2 Å². The van der Waals surface area contributed by atoms with Gasteiger partial charge in [-0.3, -0.25) is 9.36 Å². The molecule has 31 heavy (non-hydrogen) atoms. The molecule has 0 bridgehead atoms. The zero-order chi connectivity index (χ0) is 22.3. The molecule has 1 amide bonds. The standard InChI is InChI=1S/C20H30N6O5/c1-20(2,3)26(10-27)19(30-11-6-4-5-7-11)15-13(28)14(29)18(31-15)25-9-24-12-16(21)22-8-23-17(12)25/h8-11,13-15,18-19,28-29H,4-7H2,1-3H3,(H2,21,22,23)/t13-,14+,15-,18+,19?/m0/s1. The third-order valence-corrected chi connectivity index (χ3v) is 6.01. The van der Waals surface area contributed by atoms with Crippen LogP contribution in [-0.4, -0.2) is 77.2 Å². The topological polar surface area (TPSA) is 149 Å². The van der Waals surface area contributed by atoms with Crippen LogP contribution in [0.1, 0.15) is 52.7 Å². The van der Waals surface area contributed by atoms with Crippen LogP contribution in [0, 0.1) is 0 Å². The Morgan fingerprint density at radius 2 is 1.97 bits per heavy atom. The zero-order valence-corrected chi connectivity index (χ0v) is 18.0. The quantitative estimate of drug-likeness (QED) is 0.438. The second kappa shape index (κ2) is 8.30. The van der Waals surface area contributed by atoms with Crippen molar-refractivity contribution < 1.29 is 24.5 Å². The third kappa shape index (κ3) is 3.98. The highest BCUT2D eigenvalue weighted by molar-refractivity contribution is 5.81. The zero-order valence-electron chi connectivity index (χ0n) is 18.0. The first-order valence-electron chi connectivity index (χ1n) is 10.6. The normalized spacial score (nSPS) is 28.3. The molecule has 3 heterocycles. The molecule has 0 aromatic carbocycles. The first-order chi connectivity index (χ1) is 14.7. The minimum absolute atomic E-state index is 0.0385. The number of imidazole rings is 1. The number of ether oxygens (including phenoxy) is 2. The molecule has 2 aliphatic rings. The average Bonchev–Trinajstić information content (AvgIpc) is 3.42. The van der Waals surface area contributed by atoms with Gasteiger partial charge in [-0.2, -0.15) is 0 Å². The number of carbonyl (C=O) groups is 1. The lowest BCUT2D eigenvalue weighted by Crippen LogP contribution is -2.57. The van der Waals surface area contributed by atoms with Crippen molar-refractivity contribution in [2.24, 2.45) is 0 Å². The van der Waals surface area contributed by atoms with Crippen LogP contribution >= 0.6 is 0 Å². The van der Waals surface area contributed by atoms with Gasteiger partial charge in [0.1, 0.15) is 30.2 Å².